The monoisotopic (exact) mass is 337 g/mol. The van der Waals surface area contributed by atoms with Gasteiger partial charge in [0.1, 0.15) is 5.82 Å². The number of pyridine rings is 2. The molecular formula is C15H17BrFN3. The van der Waals surface area contributed by atoms with Crippen LogP contribution in [0.5, 0.6) is 0 Å². The van der Waals surface area contributed by atoms with Crippen LogP contribution in [0, 0.1) is 5.82 Å². The lowest BCUT2D eigenvalue weighted by Gasteiger charge is -2.18. The molecule has 1 atom stereocenters. The fourth-order valence-electron chi connectivity index (χ4n) is 2.04. The van der Waals surface area contributed by atoms with Gasteiger partial charge in [0.25, 0.3) is 0 Å². The maximum atomic E-state index is 13.9. The highest BCUT2D eigenvalue weighted by Gasteiger charge is 2.17. The van der Waals surface area contributed by atoms with Crippen LogP contribution in [0.3, 0.4) is 0 Å². The van der Waals surface area contributed by atoms with Crippen LogP contribution < -0.4 is 5.32 Å². The lowest BCUT2D eigenvalue weighted by Crippen LogP contribution is -2.26. The van der Waals surface area contributed by atoms with Crippen LogP contribution in [0.2, 0.25) is 0 Å². The first-order chi connectivity index (χ1) is 9.70. The fourth-order valence-corrected chi connectivity index (χ4v) is 2.45. The van der Waals surface area contributed by atoms with E-state index in [-0.39, 0.29) is 11.9 Å². The number of halogens is 2. The lowest BCUT2D eigenvalue weighted by molar-refractivity contribution is 0.482. The predicted molar refractivity (Wildman–Crippen MR) is 80.9 cm³/mol. The van der Waals surface area contributed by atoms with E-state index in [1.54, 1.807) is 24.7 Å². The summed E-state index contributed by atoms with van der Waals surface area (Å²) < 4.78 is 14.8. The summed E-state index contributed by atoms with van der Waals surface area (Å²) in [5.74, 6) is -0.274. The van der Waals surface area contributed by atoms with Gasteiger partial charge >= 0.3 is 0 Å². The lowest BCUT2D eigenvalue weighted by atomic mass is 10.0. The molecular weight excluding hydrogens is 321 g/mol. The SMILES string of the molecule is CCCNC(Cc1cncc(Br)c1)c1ncccc1F. The van der Waals surface area contributed by atoms with Gasteiger partial charge in [0, 0.05) is 23.1 Å². The largest absolute Gasteiger partial charge is 0.308 e. The van der Waals surface area contributed by atoms with Crippen LogP contribution in [-0.4, -0.2) is 16.5 Å². The van der Waals surface area contributed by atoms with Crippen molar-refractivity contribution in [1.82, 2.24) is 15.3 Å². The van der Waals surface area contributed by atoms with Crippen LogP contribution in [0.1, 0.15) is 30.6 Å². The minimum Gasteiger partial charge on any atom is -0.308 e. The van der Waals surface area contributed by atoms with Crippen molar-refractivity contribution in [3.8, 4) is 0 Å². The number of hydrogen-bond donors (Lipinski definition) is 1. The van der Waals surface area contributed by atoms with Crippen LogP contribution >= 0.6 is 15.9 Å². The van der Waals surface area contributed by atoms with Gasteiger partial charge in [-0.25, -0.2) is 4.39 Å². The molecule has 0 aromatic carbocycles. The minimum absolute atomic E-state index is 0.146. The molecule has 2 aromatic rings. The molecule has 106 valence electrons. The third-order valence-electron chi connectivity index (χ3n) is 2.96. The second-order valence-electron chi connectivity index (χ2n) is 4.59. The Morgan fingerprint density at radius 2 is 2.25 bits per heavy atom. The Morgan fingerprint density at radius 3 is 2.95 bits per heavy atom. The Balaban J connectivity index is 2.22. The van der Waals surface area contributed by atoms with E-state index in [4.69, 9.17) is 0 Å². The maximum Gasteiger partial charge on any atom is 0.146 e. The van der Waals surface area contributed by atoms with Crippen LogP contribution in [0.4, 0.5) is 4.39 Å². The molecule has 0 aliphatic rings. The van der Waals surface area contributed by atoms with Crippen molar-refractivity contribution < 1.29 is 4.39 Å². The van der Waals surface area contributed by atoms with Crippen molar-refractivity contribution in [2.24, 2.45) is 0 Å². The van der Waals surface area contributed by atoms with Crippen molar-refractivity contribution in [3.63, 3.8) is 0 Å². The summed E-state index contributed by atoms with van der Waals surface area (Å²) in [6.45, 7) is 2.90. The van der Waals surface area contributed by atoms with Crippen molar-refractivity contribution in [2.45, 2.75) is 25.8 Å². The van der Waals surface area contributed by atoms with E-state index < -0.39 is 0 Å². The van der Waals surface area contributed by atoms with Gasteiger partial charge in [-0.2, -0.15) is 0 Å². The normalized spacial score (nSPS) is 12.3. The molecule has 0 bridgehead atoms. The molecule has 0 spiro atoms. The van der Waals surface area contributed by atoms with Crippen molar-refractivity contribution in [3.05, 3.63) is 58.3 Å². The van der Waals surface area contributed by atoms with Crippen molar-refractivity contribution in [1.29, 1.82) is 0 Å². The van der Waals surface area contributed by atoms with Gasteiger partial charge in [0.2, 0.25) is 0 Å². The molecule has 5 heteroatoms. The molecule has 0 aliphatic heterocycles. The number of rotatable bonds is 6. The molecule has 3 nitrogen and oxygen atoms in total. The van der Waals surface area contributed by atoms with Crippen LogP contribution in [0.25, 0.3) is 0 Å². The van der Waals surface area contributed by atoms with Crippen LogP contribution in [0.15, 0.2) is 41.3 Å². The van der Waals surface area contributed by atoms with Gasteiger partial charge in [-0.3, -0.25) is 9.97 Å². The van der Waals surface area contributed by atoms with E-state index >= 15 is 0 Å². The minimum atomic E-state index is -0.274. The molecule has 2 rings (SSSR count). The average Bonchev–Trinajstić information content (AvgIpc) is 2.44. The number of hydrogen-bond acceptors (Lipinski definition) is 3. The number of aromatic nitrogens is 2. The summed E-state index contributed by atoms with van der Waals surface area (Å²) in [5, 5.41) is 3.35. The van der Waals surface area contributed by atoms with Gasteiger partial charge in [-0.05, 0) is 59.1 Å². The first-order valence-corrected chi connectivity index (χ1v) is 7.43. The summed E-state index contributed by atoms with van der Waals surface area (Å²) in [6, 6.07) is 4.90. The zero-order valence-corrected chi connectivity index (χ0v) is 12.9. The third-order valence-corrected chi connectivity index (χ3v) is 3.39. The molecule has 0 radical (unpaired) electrons. The Kier molecular flexibility index (Phi) is 5.61. The Bertz CT molecular complexity index is 562. The van der Waals surface area contributed by atoms with E-state index in [1.807, 2.05) is 6.07 Å². The van der Waals surface area contributed by atoms with Gasteiger partial charge in [0.15, 0.2) is 0 Å². The summed E-state index contributed by atoms with van der Waals surface area (Å²) >= 11 is 3.40. The number of nitrogens with one attached hydrogen (secondary N) is 1. The topological polar surface area (TPSA) is 37.8 Å². The molecule has 0 amide bonds. The van der Waals surface area contributed by atoms with Crippen molar-refractivity contribution >= 4 is 15.9 Å². The Labute approximate surface area is 126 Å². The smallest absolute Gasteiger partial charge is 0.146 e. The fraction of sp³-hybridized carbons (Fsp3) is 0.333. The Hall–Kier alpha value is -1.33. The summed E-state index contributed by atoms with van der Waals surface area (Å²) in [6.07, 6.45) is 6.80. The summed E-state index contributed by atoms with van der Waals surface area (Å²) in [7, 11) is 0. The second-order valence-corrected chi connectivity index (χ2v) is 5.51. The zero-order valence-electron chi connectivity index (χ0n) is 11.3. The molecule has 0 saturated heterocycles. The average molecular weight is 338 g/mol. The molecule has 1 unspecified atom stereocenters. The highest BCUT2D eigenvalue weighted by Crippen LogP contribution is 2.20. The molecule has 0 aliphatic carbocycles. The quantitative estimate of drug-likeness (QED) is 0.873. The first kappa shape index (κ1) is 15.1. The van der Waals surface area contributed by atoms with E-state index in [0.717, 1.165) is 23.0 Å². The molecule has 0 saturated carbocycles. The van der Waals surface area contributed by atoms with Crippen LogP contribution in [-0.2, 0) is 6.42 Å². The van der Waals surface area contributed by atoms with Crippen molar-refractivity contribution in [2.75, 3.05) is 6.54 Å². The predicted octanol–water partition coefficient (Wildman–Crippen LogP) is 3.66. The highest BCUT2D eigenvalue weighted by atomic mass is 79.9. The van der Waals surface area contributed by atoms with Gasteiger partial charge in [-0.15, -0.1) is 0 Å². The molecule has 20 heavy (non-hydrogen) atoms. The third kappa shape index (κ3) is 4.08. The first-order valence-electron chi connectivity index (χ1n) is 6.64. The summed E-state index contributed by atoms with van der Waals surface area (Å²) in [5.41, 5.74) is 1.50. The number of nitrogens with zero attached hydrogens (tertiary/aromatic N) is 2. The highest BCUT2D eigenvalue weighted by molar-refractivity contribution is 9.10. The zero-order chi connectivity index (χ0) is 14.4. The standard InChI is InChI=1S/C15H17BrFN3/c1-2-5-19-14(15-13(17)4-3-6-20-15)8-11-7-12(16)10-18-9-11/h3-4,6-7,9-10,14,19H,2,5,8H2,1H3. The molecule has 0 fully saturated rings. The molecule has 1 N–H and O–H groups in total. The summed E-state index contributed by atoms with van der Waals surface area (Å²) in [4.78, 5) is 8.33. The molecule has 2 heterocycles. The van der Waals surface area contributed by atoms with E-state index in [2.05, 4.69) is 38.1 Å². The maximum absolute atomic E-state index is 13.9. The van der Waals surface area contributed by atoms with E-state index in [9.17, 15) is 4.39 Å². The van der Waals surface area contributed by atoms with E-state index in [1.165, 1.54) is 6.07 Å². The van der Waals surface area contributed by atoms with Gasteiger partial charge in [-0.1, -0.05) is 6.92 Å². The van der Waals surface area contributed by atoms with Gasteiger partial charge in [0.05, 0.1) is 11.7 Å². The van der Waals surface area contributed by atoms with E-state index in [0.29, 0.717) is 12.1 Å². The Morgan fingerprint density at radius 1 is 1.40 bits per heavy atom. The van der Waals surface area contributed by atoms with Gasteiger partial charge < -0.3 is 5.32 Å². The second kappa shape index (κ2) is 7.45. The molecule has 2 aromatic heterocycles.